The first-order valence-electron chi connectivity index (χ1n) is 4.21. The van der Waals surface area contributed by atoms with Gasteiger partial charge in [-0.25, -0.2) is 10.8 Å². The Morgan fingerprint density at radius 2 is 2.14 bits per heavy atom. The van der Waals surface area contributed by atoms with Crippen LogP contribution in [0.4, 0.5) is 5.82 Å². The van der Waals surface area contributed by atoms with Crippen LogP contribution in [-0.2, 0) is 0 Å². The average Bonchev–Trinajstić information content (AvgIpc) is 2.16. The molecule has 0 aromatic carbocycles. The van der Waals surface area contributed by atoms with Gasteiger partial charge in [0.25, 0.3) is 5.88 Å². The van der Waals surface area contributed by atoms with Gasteiger partial charge < -0.3 is 14.9 Å². The van der Waals surface area contributed by atoms with E-state index in [-0.39, 0.29) is 6.10 Å². The number of nitrogens with two attached hydrogens (primary N) is 1. The molecule has 78 valence electrons. The summed E-state index contributed by atoms with van der Waals surface area (Å²) in [6.45, 7) is 3.80. The third-order valence-corrected chi connectivity index (χ3v) is 1.46. The molecule has 0 aliphatic rings. The van der Waals surface area contributed by atoms with Crippen LogP contribution in [0.1, 0.15) is 13.8 Å². The number of ether oxygens (including phenoxy) is 2. The van der Waals surface area contributed by atoms with E-state index in [1.807, 2.05) is 13.8 Å². The number of nitrogens with zero attached hydrogens (tertiary/aromatic N) is 2. The lowest BCUT2D eigenvalue weighted by Crippen LogP contribution is -2.13. The van der Waals surface area contributed by atoms with Gasteiger partial charge in [0, 0.05) is 0 Å². The van der Waals surface area contributed by atoms with Crippen LogP contribution in [0.25, 0.3) is 0 Å². The summed E-state index contributed by atoms with van der Waals surface area (Å²) in [5.74, 6) is 6.44. The number of hydrogen-bond donors (Lipinski definition) is 2. The van der Waals surface area contributed by atoms with Crippen LogP contribution in [0, 0.1) is 0 Å². The zero-order valence-electron chi connectivity index (χ0n) is 8.44. The largest absolute Gasteiger partial charge is 0.489 e. The molecule has 0 spiro atoms. The van der Waals surface area contributed by atoms with Crippen LogP contribution in [-0.4, -0.2) is 23.2 Å². The van der Waals surface area contributed by atoms with Crippen molar-refractivity contribution in [2.75, 3.05) is 12.5 Å². The maximum Gasteiger partial charge on any atom is 0.262 e. The van der Waals surface area contributed by atoms with Crippen molar-refractivity contribution in [2.24, 2.45) is 5.84 Å². The van der Waals surface area contributed by atoms with Crippen molar-refractivity contribution in [3.05, 3.63) is 6.33 Å². The lowest BCUT2D eigenvalue weighted by atomic mass is 10.4. The molecule has 0 saturated carbocycles. The van der Waals surface area contributed by atoms with Gasteiger partial charge >= 0.3 is 0 Å². The molecule has 0 aliphatic carbocycles. The van der Waals surface area contributed by atoms with E-state index in [0.29, 0.717) is 17.4 Å². The third kappa shape index (κ3) is 2.23. The monoisotopic (exact) mass is 198 g/mol. The first kappa shape index (κ1) is 10.5. The van der Waals surface area contributed by atoms with Crippen LogP contribution in [0.15, 0.2) is 6.33 Å². The van der Waals surface area contributed by atoms with Crippen LogP contribution in [0.2, 0.25) is 0 Å². The molecule has 1 aromatic rings. The number of anilines is 1. The Kier molecular flexibility index (Phi) is 3.47. The van der Waals surface area contributed by atoms with Crippen LogP contribution < -0.4 is 20.7 Å². The van der Waals surface area contributed by atoms with Crippen molar-refractivity contribution in [3.63, 3.8) is 0 Å². The fraction of sp³-hybridized carbons (Fsp3) is 0.500. The molecule has 14 heavy (non-hydrogen) atoms. The molecular formula is C8H14N4O2. The van der Waals surface area contributed by atoms with Gasteiger partial charge in [-0.3, -0.25) is 0 Å². The zero-order chi connectivity index (χ0) is 10.6. The molecular weight excluding hydrogens is 184 g/mol. The number of methoxy groups -OCH3 is 1. The van der Waals surface area contributed by atoms with Crippen LogP contribution >= 0.6 is 0 Å². The first-order valence-corrected chi connectivity index (χ1v) is 4.21. The van der Waals surface area contributed by atoms with E-state index in [2.05, 4.69) is 15.4 Å². The standard InChI is InChI=1S/C8H14N4O2/c1-5(2)14-8-6(13-3)7(12-9)10-4-11-8/h4-5H,9H2,1-3H3,(H,10,11,12). The van der Waals surface area contributed by atoms with E-state index >= 15 is 0 Å². The van der Waals surface area contributed by atoms with E-state index in [9.17, 15) is 0 Å². The number of rotatable bonds is 4. The van der Waals surface area contributed by atoms with E-state index in [1.54, 1.807) is 0 Å². The Balaban J connectivity index is 3.02. The molecule has 0 radical (unpaired) electrons. The molecule has 0 aliphatic heterocycles. The van der Waals surface area contributed by atoms with Gasteiger partial charge in [-0.05, 0) is 13.8 Å². The second-order valence-electron chi connectivity index (χ2n) is 2.87. The molecule has 0 unspecified atom stereocenters. The van der Waals surface area contributed by atoms with Crippen molar-refractivity contribution in [2.45, 2.75) is 20.0 Å². The number of hydrogen-bond acceptors (Lipinski definition) is 6. The molecule has 6 nitrogen and oxygen atoms in total. The molecule has 0 saturated heterocycles. The van der Waals surface area contributed by atoms with Gasteiger partial charge in [0.1, 0.15) is 6.33 Å². The van der Waals surface area contributed by atoms with Crippen molar-refractivity contribution in [1.82, 2.24) is 9.97 Å². The average molecular weight is 198 g/mol. The minimum absolute atomic E-state index is 0.0180. The second kappa shape index (κ2) is 4.61. The molecule has 1 aromatic heterocycles. The summed E-state index contributed by atoms with van der Waals surface area (Å²) in [4.78, 5) is 7.83. The molecule has 1 heterocycles. The maximum atomic E-state index is 5.41. The minimum Gasteiger partial charge on any atom is -0.489 e. The Labute approximate surface area is 82.4 Å². The van der Waals surface area contributed by atoms with Crippen LogP contribution in [0.3, 0.4) is 0 Å². The van der Waals surface area contributed by atoms with E-state index in [0.717, 1.165) is 0 Å². The highest BCUT2D eigenvalue weighted by molar-refractivity contribution is 5.54. The Hall–Kier alpha value is -1.56. The van der Waals surface area contributed by atoms with Crippen LogP contribution in [0.5, 0.6) is 11.6 Å². The van der Waals surface area contributed by atoms with Crippen molar-refractivity contribution >= 4 is 5.82 Å². The van der Waals surface area contributed by atoms with Gasteiger partial charge in [0.15, 0.2) is 5.82 Å². The summed E-state index contributed by atoms with van der Waals surface area (Å²) < 4.78 is 10.5. The Morgan fingerprint density at radius 3 is 2.64 bits per heavy atom. The van der Waals surface area contributed by atoms with Gasteiger partial charge in [-0.2, -0.15) is 4.98 Å². The SMILES string of the molecule is COc1c(NN)ncnc1OC(C)C. The molecule has 3 N–H and O–H groups in total. The fourth-order valence-electron chi connectivity index (χ4n) is 0.952. The van der Waals surface area contributed by atoms with Gasteiger partial charge in [-0.1, -0.05) is 0 Å². The summed E-state index contributed by atoms with van der Waals surface area (Å²) >= 11 is 0. The van der Waals surface area contributed by atoms with Gasteiger partial charge in [0.2, 0.25) is 5.75 Å². The van der Waals surface area contributed by atoms with Gasteiger partial charge in [-0.15, -0.1) is 0 Å². The molecule has 6 heteroatoms. The number of aromatic nitrogens is 2. The normalized spacial score (nSPS) is 10.1. The maximum absolute atomic E-state index is 5.41. The molecule has 0 amide bonds. The fourth-order valence-corrected chi connectivity index (χ4v) is 0.952. The summed E-state index contributed by atoms with van der Waals surface area (Å²) in [6, 6.07) is 0. The Morgan fingerprint density at radius 1 is 1.43 bits per heavy atom. The second-order valence-corrected chi connectivity index (χ2v) is 2.87. The third-order valence-electron chi connectivity index (χ3n) is 1.46. The lowest BCUT2D eigenvalue weighted by Gasteiger charge is -2.13. The molecule has 1 rings (SSSR count). The number of nitrogen functional groups attached to an aromatic ring is 1. The predicted molar refractivity (Wildman–Crippen MR) is 52.2 cm³/mol. The molecule has 0 bridgehead atoms. The first-order chi connectivity index (χ1) is 6.69. The van der Waals surface area contributed by atoms with Crippen molar-refractivity contribution in [1.29, 1.82) is 0 Å². The molecule has 0 atom stereocenters. The topological polar surface area (TPSA) is 82.3 Å². The smallest absolute Gasteiger partial charge is 0.262 e. The highest BCUT2D eigenvalue weighted by Crippen LogP contribution is 2.30. The quantitative estimate of drug-likeness (QED) is 0.543. The van der Waals surface area contributed by atoms with E-state index in [4.69, 9.17) is 15.3 Å². The number of hydrazine groups is 1. The van der Waals surface area contributed by atoms with Crippen molar-refractivity contribution in [3.8, 4) is 11.6 Å². The molecule has 0 fully saturated rings. The van der Waals surface area contributed by atoms with Crippen molar-refractivity contribution < 1.29 is 9.47 Å². The minimum atomic E-state index is 0.0180. The zero-order valence-corrected chi connectivity index (χ0v) is 8.44. The van der Waals surface area contributed by atoms with Gasteiger partial charge in [0.05, 0.1) is 13.2 Å². The Bertz CT molecular complexity index is 303. The highest BCUT2D eigenvalue weighted by atomic mass is 16.5. The van der Waals surface area contributed by atoms with E-state index < -0.39 is 0 Å². The summed E-state index contributed by atoms with van der Waals surface area (Å²) in [7, 11) is 1.51. The van der Waals surface area contributed by atoms with E-state index in [1.165, 1.54) is 13.4 Å². The predicted octanol–water partition coefficient (Wildman–Crippen LogP) is 0.558. The summed E-state index contributed by atoms with van der Waals surface area (Å²) in [6.07, 6.45) is 1.37. The summed E-state index contributed by atoms with van der Waals surface area (Å²) in [5.41, 5.74) is 2.40. The lowest BCUT2D eigenvalue weighted by molar-refractivity contribution is 0.220. The number of nitrogens with one attached hydrogen (secondary N) is 1. The highest BCUT2D eigenvalue weighted by Gasteiger charge is 2.13. The summed E-state index contributed by atoms with van der Waals surface area (Å²) in [5, 5.41) is 0.